The van der Waals surface area contributed by atoms with E-state index in [0.717, 1.165) is 6.42 Å². The number of carbonyl (C=O) groups is 1. The summed E-state index contributed by atoms with van der Waals surface area (Å²) in [6.07, 6.45) is 0.820. The lowest BCUT2D eigenvalue weighted by Gasteiger charge is -2.10. The average molecular weight is 260 g/mol. The molecule has 0 aliphatic carbocycles. The van der Waals surface area contributed by atoms with Crippen molar-refractivity contribution in [2.75, 3.05) is 11.9 Å². The Kier molecular flexibility index (Phi) is 5.76. The first kappa shape index (κ1) is 13.8. The minimum atomic E-state index is -2.50. The van der Waals surface area contributed by atoms with Gasteiger partial charge in [-0.1, -0.05) is 30.8 Å². The van der Waals surface area contributed by atoms with Crippen LogP contribution in [0, 0.1) is 0 Å². The Bertz CT molecular complexity index is 374. The highest BCUT2D eigenvalue weighted by Crippen LogP contribution is 2.31. The van der Waals surface area contributed by atoms with Crippen LogP contribution in [0.25, 0.3) is 0 Å². The van der Waals surface area contributed by atoms with E-state index in [-0.39, 0.29) is 6.03 Å². The molecule has 0 fully saturated rings. The molecule has 2 amide bonds. The van der Waals surface area contributed by atoms with Crippen molar-refractivity contribution in [1.29, 1.82) is 0 Å². The maximum absolute atomic E-state index is 12.3. The lowest BCUT2D eigenvalue weighted by molar-refractivity contribution is 0.250. The summed E-state index contributed by atoms with van der Waals surface area (Å²) in [5, 5.41) is 5.16. The van der Waals surface area contributed by atoms with E-state index in [1.807, 2.05) is 6.92 Å². The SMILES string of the molecule is CCCNC(=O)Nc1ccccc1SC(F)F. The predicted molar refractivity (Wildman–Crippen MR) is 65.6 cm³/mol. The van der Waals surface area contributed by atoms with Crippen LogP contribution in [0.4, 0.5) is 19.3 Å². The number of hydrogen-bond acceptors (Lipinski definition) is 2. The van der Waals surface area contributed by atoms with Crippen LogP contribution in [-0.2, 0) is 0 Å². The molecule has 0 bridgehead atoms. The van der Waals surface area contributed by atoms with E-state index >= 15 is 0 Å². The Balaban J connectivity index is 2.66. The molecule has 3 nitrogen and oxygen atoms in total. The fraction of sp³-hybridized carbons (Fsp3) is 0.364. The Morgan fingerprint density at radius 3 is 2.76 bits per heavy atom. The van der Waals surface area contributed by atoms with Gasteiger partial charge in [0, 0.05) is 11.4 Å². The first-order valence-electron chi connectivity index (χ1n) is 5.22. The van der Waals surface area contributed by atoms with Gasteiger partial charge in [0.05, 0.1) is 5.69 Å². The van der Waals surface area contributed by atoms with E-state index in [2.05, 4.69) is 10.6 Å². The van der Waals surface area contributed by atoms with Gasteiger partial charge in [-0.15, -0.1) is 0 Å². The number of benzene rings is 1. The van der Waals surface area contributed by atoms with Crippen molar-refractivity contribution >= 4 is 23.5 Å². The molecular formula is C11H14F2N2OS. The van der Waals surface area contributed by atoms with Crippen LogP contribution in [0.3, 0.4) is 0 Å². The summed E-state index contributed by atoms with van der Waals surface area (Å²) < 4.78 is 24.6. The normalized spacial score (nSPS) is 10.4. The molecule has 0 spiro atoms. The molecule has 0 radical (unpaired) electrons. The Hall–Kier alpha value is -1.30. The zero-order chi connectivity index (χ0) is 12.7. The summed E-state index contributed by atoms with van der Waals surface area (Å²) in [7, 11) is 0. The summed E-state index contributed by atoms with van der Waals surface area (Å²) >= 11 is 0.415. The highest BCUT2D eigenvalue weighted by molar-refractivity contribution is 7.99. The van der Waals surface area contributed by atoms with Crippen LogP contribution in [0.5, 0.6) is 0 Å². The molecule has 6 heteroatoms. The van der Waals surface area contributed by atoms with Crippen LogP contribution in [0.2, 0.25) is 0 Å². The van der Waals surface area contributed by atoms with Gasteiger partial charge in [-0.05, 0) is 18.6 Å². The molecule has 0 heterocycles. The zero-order valence-corrected chi connectivity index (χ0v) is 10.2. The monoisotopic (exact) mass is 260 g/mol. The van der Waals surface area contributed by atoms with E-state index in [0.29, 0.717) is 28.9 Å². The van der Waals surface area contributed by atoms with Gasteiger partial charge in [0.25, 0.3) is 5.76 Å². The second-order valence-electron chi connectivity index (χ2n) is 3.26. The molecule has 0 saturated heterocycles. The Labute approximate surface area is 103 Å². The number of urea groups is 1. The fourth-order valence-electron chi connectivity index (χ4n) is 1.17. The third kappa shape index (κ3) is 5.04. The number of rotatable bonds is 5. The van der Waals surface area contributed by atoms with Crippen LogP contribution >= 0.6 is 11.8 Å². The van der Waals surface area contributed by atoms with E-state index in [9.17, 15) is 13.6 Å². The molecule has 94 valence electrons. The van der Waals surface area contributed by atoms with Crippen LogP contribution in [-0.4, -0.2) is 18.3 Å². The molecule has 0 aliphatic rings. The smallest absolute Gasteiger partial charge is 0.319 e. The lowest BCUT2D eigenvalue weighted by Crippen LogP contribution is -2.29. The average Bonchev–Trinajstić information content (AvgIpc) is 2.28. The van der Waals surface area contributed by atoms with Crippen molar-refractivity contribution in [1.82, 2.24) is 5.32 Å². The highest BCUT2D eigenvalue weighted by Gasteiger charge is 2.11. The van der Waals surface area contributed by atoms with Gasteiger partial charge < -0.3 is 10.6 Å². The zero-order valence-electron chi connectivity index (χ0n) is 9.37. The molecule has 2 N–H and O–H groups in total. The number of carbonyl (C=O) groups excluding carboxylic acids is 1. The van der Waals surface area contributed by atoms with Crippen LogP contribution < -0.4 is 10.6 Å². The molecular weight excluding hydrogens is 246 g/mol. The number of nitrogens with one attached hydrogen (secondary N) is 2. The summed E-state index contributed by atoms with van der Waals surface area (Å²) in [5.74, 6) is -2.50. The molecule has 0 atom stereocenters. The summed E-state index contributed by atoms with van der Waals surface area (Å²) in [6.45, 7) is 2.48. The summed E-state index contributed by atoms with van der Waals surface area (Å²) in [5.41, 5.74) is 0.395. The summed E-state index contributed by atoms with van der Waals surface area (Å²) in [4.78, 5) is 11.7. The topological polar surface area (TPSA) is 41.1 Å². The summed E-state index contributed by atoms with van der Waals surface area (Å²) in [6, 6.07) is 6.10. The molecule has 1 rings (SSSR count). The number of alkyl halides is 2. The third-order valence-corrected chi connectivity index (χ3v) is 2.67. The van der Waals surface area contributed by atoms with E-state index < -0.39 is 5.76 Å². The van der Waals surface area contributed by atoms with Gasteiger partial charge >= 0.3 is 6.03 Å². The second-order valence-corrected chi connectivity index (χ2v) is 4.29. The molecule has 1 aromatic carbocycles. The van der Waals surface area contributed by atoms with Gasteiger partial charge in [-0.2, -0.15) is 8.78 Å². The number of hydrogen-bond donors (Lipinski definition) is 2. The quantitative estimate of drug-likeness (QED) is 0.795. The minimum Gasteiger partial charge on any atom is -0.338 e. The molecule has 0 saturated carbocycles. The number of para-hydroxylation sites is 1. The predicted octanol–water partition coefficient (Wildman–Crippen LogP) is 3.53. The van der Waals surface area contributed by atoms with Crippen molar-refractivity contribution in [2.45, 2.75) is 24.0 Å². The van der Waals surface area contributed by atoms with E-state index in [1.54, 1.807) is 24.3 Å². The molecule has 0 unspecified atom stereocenters. The molecule has 17 heavy (non-hydrogen) atoms. The van der Waals surface area contributed by atoms with Gasteiger partial charge in [-0.25, -0.2) is 4.79 Å². The minimum absolute atomic E-state index is 0.356. The standard InChI is InChI=1S/C11H14F2N2OS/c1-2-7-14-11(16)15-8-5-3-4-6-9(8)17-10(12)13/h3-6,10H,2,7H2,1H3,(H2,14,15,16). The van der Waals surface area contributed by atoms with Crippen molar-refractivity contribution in [3.05, 3.63) is 24.3 Å². The number of thioether (sulfide) groups is 1. The van der Waals surface area contributed by atoms with Crippen molar-refractivity contribution in [2.24, 2.45) is 0 Å². The van der Waals surface area contributed by atoms with E-state index in [4.69, 9.17) is 0 Å². The Morgan fingerprint density at radius 2 is 2.12 bits per heavy atom. The number of anilines is 1. The molecule has 1 aromatic rings. The molecule has 0 aliphatic heterocycles. The largest absolute Gasteiger partial charge is 0.338 e. The Morgan fingerprint density at radius 1 is 1.41 bits per heavy atom. The van der Waals surface area contributed by atoms with Gasteiger partial charge in [-0.3, -0.25) is 0 Å². The fourth-order valence-corrected chi connectivity index (χ4v) is 1.77. The second kappa shape index (κ2) is 7.11. The van der Waals surface area contributed by atoms with E-state index in [1.165, 1.54) is 0 Å². The third-order valence-electron chi connectivity index (χ3n) is 1.89. The number of amides is 2. The maximum Gasteiger partial charge on any atom is 0.319 e. The molecule has 0 aromatic heterocycles. The van der Waals surface area contributed by atoms with Crippen molar-refractivity contribution in [3.63, 3.8) is 0 Å². The highest BCUT2D eigenvalue weighted by atomic mass is 32.2. The number of halogens is 2. The maximum atomic E-state index is 12.3. The van der Waals surface area contributed by atoms with Crippen molar-refractivity contribution < 1.29 is 13.6 Å². The van der Waals surface area contributed by atoms with Crippen LogP contribution in [0.15, 0.2) is 29.2 Å². The van der Waals surface area contributed by atoms with Gasteiger partial charge in [0.15, 0.2) is 0 Å². The lowest BCUT2D eigenvalue weighted by atomic mass is 10.3. The van der Waals surface area contributed by atoms with Gasteiger partial charge in [0.1, 0.15) is 0 Å². The first-order chi connectivity index (χ1) is 8.13. The van der Waals surface area contributed by atoms with Gasteiger partial charge in [0.2, 0.25) is 0 Å². The van der Waals surface area contributed by atoms with Crippen LogP contribution in [0.1, 0.15) is 13.3 Å². The van der Waals surface area contributed by atoms with Crippen molar-refractivity contribution in [3.8, 4) is 0 Å². The first-order valence-corrected chi connectivity index (χ1v) is 6.10.